The SMILES string of the molecule is O=C(Cc1ccc2cc(Oc3ccc(C(F)(F)F)cn3)ccc2n1)N[C@@H]1CCS(=O)(=O)C1. The van der Waals surface area contributed by atoms with Gasteiger partial charge in [-0.1, -0.05) is 6.07 Å². The number of hydrogen-bond donors (Lipinski definition) is 1. The zero-order chi connectivity index (χ0) is 22.9. The largest absolute Gasteiger partial charge is 0.439 e. The lowest BCUT2D eigenvalue weighted by atomic mass is 10.1. The molecule has 1 aliphatic rings. The third-order valence-corrected chi connectivity index (χ3v) is 6.71. The molecular weight excluding hydrogens is 447 g/mol. The summed E-state index contributed by atoms with van der Waals surface area (Å²) in [5.74, 6) is 0.137. The first-order valence-corrected chi connectivity index (χ1v) is 11.5. The minimum absolute atomic E-state index is 0.0141. The number of nitrogens with zero attached hydrogens (tertiary/aromatic N) is 2. The van der Waals surface area contributed by atoms with E-state index in [-0.39, 0.29) is 35.8 Å². The van der Waals surface area contributed by atoms with Gasteiger partial charge in [-0.3, -0.25) is 9.78 Å². The van der Waals surface area contributed by atoms with Gasteiger partial charge in [-0.15, -0.1) is 0 Å². The van der Waals surface area contributed by atoms with Crippen LogP contribution in [0.5, 0.6) is 11.6 Å². The average Bonchev–Trinajstić information content (AvgIpc) is 3.06. The maximum atomic E-state index is 12.6. The van der Waals surface area contributed by atoms with E-state index in [1.165, 1.54) is 0 Å². The first kappa shape index (κ1) is 22.0. The molecule has 1 atom stereocenters. The number of alkyl halides is 3. The summed E-state index contributed by atoms with van der Waals surface area (Å²) in [5.41, 5.74) is 0.263. The predicted octanol–water partition coefficient (Wildman–Crippen LogP) is 3.29. The van der Waals surface area contributed by atoms with Crippen LogP contribution in [0.15, 0.2) is 48.7 Å². The smallest absolute Gasteiger partial charge is 0.417 e. The third kappa shape index (κ3) is 5.34. The van der Waals surface area contributed by atoms with Crippen LogP contribution in [0.3, 0.4) is 0 Å². The molecule has 1 N–H and O–H groups in total. The van der Waals surface area contributed by atoms with Gasteiger partial charge in [-0.05, 0) is 36.8 Å². The van der Waals surface area contributed by atoms with Crippen LogP contribution in [0.1, 0.15) is 17.7 Å². The summed E-state index contributed by atoms with van der Waals surface area (Å²) in [5, 5.41) is 3.43. The van der Waals surface area contributed by atoms with E-state index < -0.39 is 21.6 Å². The molecule has 0 radical (unpaired) electrons. The van der Waals surface area contributed by atoms with Crippen molar-refractivity contribution in [2.24, 2.45) is 0 Å². The quantitative estimate of drug-likeness (QED) is 0.621. The molecule has 0 spiro atoms. The Morgan fingerprint density at radius 3 is 2.62 bits per heavy atom. The number of benzene rings is 1. The highest BCUT2D eigenvalue weighted by molar-refractivity contribution is 7.91. The van der Waals surface area contributed by atoms with Crippen molar-refractivity contribution in [2.75, 3.05) is 11.5 Å². The second-order valence-corrected chi connectivity index (χ2v) is 9.72. The summed E-state index contributed by atoms with van der Waals surface area (Å²) in [6.07, 6.45) is -3.34. The number of aromatic nitrogens is 2. The maximum Gasteiger partial charge on any atom is 0.417 e. The number of ether oxygens (including phenoxy) is 1. The van der Waals surface area contributed by atoms with Crippen molar-refractivity contribution in [3.05, 3.63) is 59.9 Å². The molecule has 0 unspecified atom stereocenters. The highest BCUT2D eigenvalue weighted by Crippen LogP contribution is 2.30. The molecule has 168 valence electrons. The second-order valence-electron chi connectivity index (χ2n) is 7.49. The van der Waals surface area contributed by atoms with Gasteiger partial charge < -0.3 is 10.1 Å². The Hall–Kier alpha value is -3.21. The van der Waals surface area contributed by atoms with E-state index in [1.54, 1.807) is 30.3 Å². The van der Waals surface area contributed by atoms with Crippen molar-refractivity contribution in [3.8, 4) is 11.6 Å². The first-order chi connectivity index (χ1) is 15.1. The van der Waals surface area contributed by atoms with E-state index in [0.717, 1.165) is 12.1 Å². The van der Waals surface area contributed by atoms with Gasteiger partial charge in [0.15, 0.2) is 9.84 Å². The Kier molecular flexibility index (Phi) is 5.76. The fourth-order valence-electron chi connectivity index (χ4n) is 3.39. The summed E-state index contributed by atoms with van der Waals surface area (Å²) < 4.78 is 66.4. The van der Waals surface area contributed by atoms with Crippen LogP contribution in [0.25, 0.3) is 10.9 Å². The van der Waals surface area contributed by atoms with E-state index in [9.17, 15) is 26.4 Å². The molecule has 1 aromatic carbocycles. The summed E-state index contributed by atoms with van der Waals surface area (Å²) in [4.78, 5) is 20.3. The van der Waals surface area contributed by atoms with Crippen molar-refractivity contribution in [3.63, 3.8) is 0 Å². The van der Waals surface area contributed by atoms with Crippen molar-refractivity contribution >= 4 is 26.6 Å². The van der Waals surface area contributed by atoms with E-state index in [1.807, 2.05) is 0 Å². The van der Waals surface area contributed by atoms with Gasteiger partial charge in [0, 0.05) is 23.7 Å². The van der Waals surface area contributed by atoms with E-state index in [0.29, 0.717) is 35.0 Å². The third-order valence-electron chi connectivity index (χ3n) is 4.94. The normalized spacial score (nSPS) is 17.9. The molecule has 7 nitrogen and oxygen atoms in total. The average molecular weight is 465 g/mol. The minimum atomic E-state index is -4.47. The second kappa shape index (κ2) is 8.38. The zero-order valence-corrected chi connectivity index (χ0v) is 17.4. The number of rotatable bonds is 5. The summed E-state index contributed by atoms with van der Waals surface area (Å²) in [6.45, 7) is 0. The van der Waals surface area contributed by atoms with Gasteiger partial charge in [0.2, 0.25) is 11.8 Å². The number of nitrogens with one attached hydrogen (secondary N) is 1. The minimum Gasteiger partial charge on any atom is -0.439 e. The number of fused-ring (bicyclic) bond motifs is 1. The predicted molar refractivity (Wildman–Crippen MR) is 110 cm³/mol. The van der Waals surface area contributed by atoms with Gasteiger partial charge in [0.1, 0.15) is 5.75 Å². The van der Waals surface area contributed by atoms with Crippen molar-refractivity contribution in [1.82, 2.24) is 15.3 Å². The highest BCUT2D eigenvalue weighted by atomic mass is 32.2. The molecule has 0 saturated carbocycles. The highest BCUT2D eigenvalue weighted by Gasteiger charge is 2.31. The van der Waals surface area contributed by atoms with E-state index in [2.05, 4.69) is 15.3 Å². The fourth-order valence-corrected chi connectivity index (χ4v) is 5.06. The fraction of sp³-hybridized carbons (Fsp3) is 0.286. The van der Waals surface area contributed by atoms with Crippen molar-refractivity contribution in [1.29, 1.82) is 0 Å². The Labute approximate surface area is 181 Å². The van der Waals surface area contributed by atoms with Crippen LogP contribution < -0.4 is 10.1 Å². The summed E-state index contributed by atoms with van der Waals surface area (Å²) >= 11 is 0. The number of carbonyl (C=O) groups excluding carboxylic acids is 1. The standard InChI is InChI=1S/C21H18F3N3O4S/c22-21(23,24)14-2-6-20(25-11-14)31-17-4-5-18-13(9-17)1-3-15(26-18)10-19(28)27-16-7-8-32(29,30)12-16/h1-6,9,11,16H,7-8,10,12H2,(H,27,28)/t16-/m1/s1. The van der Waals surface area contributed by atoms with Gasteiger partial charge in [0.25, 0.3) is 0 Å². The Balaban J connectivity index is 1.41. The van der Waals surface area contributed by atoms with Crippen molar-refractivity contribution in [2.45, 2.75) is 25.1 Å². The Bertz CT molecular complexity index is 1260. The molecule has 11 heteroatoms. The monoisotopic (exact) mass is 465 g/mol. The molecule has 1 saturated heterocycles. The molecule has 0 aliphatic carbocycles. The number of amides is 1. The molecule has 1 aliphatic heterocycles. The molecule has 1 amide bonds. The maximum absolute atomic E-state index is 12.6. The lowest BCUT2D eigenvalue weighted by Crippen LogP contribution is -2.36. The lowest BCUT2D eigenvalue weighted by Gasteiger charge is -2.11. The van der Waals surface area contributed by atoms with Crippen LogP contribution in [0.2, 0.25) is 0 Å². The van der Waals surface area contributed by atoms with Crippen molar-refractivity contribution < 1.29 is 31.1 Å². The summed E-state index contributed by atoms with van der Waals surface area (Å²) in [7, 11) is -3.07. The molecule has 32 heavy (non-hydrogen) atoms. The van der Waals surface area contributed by atoms with Gasteiger partial charge in [0.05, 0.1) is 34.7 Å². The van der Waals surface area contributed by atoms with Crippen LogP contribution in [-0.2, 0) is 27.2 Å². The molecular formula is C21H18F3N3O4S. The zero-order valence-electron chi connectivity index (χ0n) is 16.6. The topological polar surface area (TPSA) is 98.2 Å². The van der Waals surface area contributed by atoms with E-state index in [4.69, 9.17) is 4.74 Å². The van der Waals surface area contributed by atoms with Gasteiger partial charge in [-0.25, -0.2) is 13.4 Å². The van der Waals surface area contributed by atoms with Crippen LogP contribution in [0.4, 0.5) is 13.2 Å². The molecule has 3 aromatic rings. The van der Waals surface area contributed by atoms with Crippen LogP contribution in [0, 0.1) is 0 Å². The van der Waals surface area contributed by atoms with Gasteiger partial charge >= 0.3 is 6.18 Å². The Morgan fingerprint density at radius 1 is 1.16 bits per heavy atom. The van der Waals surface area contributed by atoms with Crippen LogP contribution in [-0.4, -0.2) is 41.8 Å². The summed E-state index contributed by atoms with van der Waals surface area (Å²) in [6, 6.07) is 10.0. The number of sulfone groups is 1. The Morgan fingerprint density at radius 2 is 1.97 bits per heavy atom. The number of hydrogen-bond acceptors (Lipinski definition) is 6. The molecule has 2 aromatic heterocycles. The number of halogens is 3. The van der Waals surface area contributed by atoms with E-state index >= 15 is 0 Å². The molecule has 4 rings (SSSR count). The molecule has 1 fully saturated rings. The lowest BCUT2D eigenvalue weighted by molar-refractivity contribution is -0.137. The molecule has 3 heterocycles. The molecule has 0 bridgehead atoms. The first-order valence-electron chi connectivity index (χ1n) is 9.68. The van der Waals surface area contributed by atoms with Crippen LogP contribution >= 0.6 is 0 Å². The number of pyridine rings is 2. The van der Waals surface area contributed by atoms with Gasteiger partial charge in [-0.2, -0.15) is 13.2 Å². The number of carbonyl (C=O) groups is 1.